The van der Waals surface area contributed by atoms with E-state index in [9.17, 15) is 0 Å². The van der Waals surface area contributed by atoms with Crippen molar-refractivity contribution in [2.75, 3.05) is 0 Å². The van der Waals surface area contributed by atoms with Gasteiger partial charge in [0, 0.05) is 0 Å². The first-order chi connectivity index (χ1) is 20.2. The van der Waals surface area contributed by atoms with Gasteiger partial charge in [-0.15, -0.1) is 0 Å². The maximum absolute atomic E-state index is 2.67. The molecule has 0 radical (unpaired) electrons. The van der Waals surface area contributed by atoms with Crippen molar-refractivity contribution in [3.05, 3.63) is 112 Å². The minimum atomic E-state index is -2.67. The fraction of sp³-hybridized carbons (Fsp3) is 0.465. The van der Waals surface area contributed by atoms with Gasteiger partial charge in [-0.2, -0.15) is 0 Å². The molecule has 0 aromatic heterocycles. The van der Waals surface area contributed by atoms with E-state index in [1.165, 1.54) is 38.9 Å². The third-order valence-corrected chi connectivity index (χ3v) is 22.7. The number of hydrogen-bond donors (Lipinski definition) is 0. The molecule has 0 spiro atoms. The Hall–Kier alpha value is -2.12. The summed E-state index contributed by atoms with van der Waals surface area (Å²) in [5.41, 5.74) is 15.4. The number of benzene rings is 3. The van der Waals surface area contributed by atoms with Crippen LogP contribution < -0.4 is 0 Å². The number of fused-ring (bicyclic) bond motifs is 3. The van der Waals surface area contributed by atoms with Crippen molar-refractivity contribution in [1.29, 1.82) is 0 Å². The molecule has 0 saturated heterocycles. The van der Waals surface area contributed by atoms with Gasteiger partial charge in [-0.25, -0.2) is 0 Å². The van der Waals surface area contributed by atoms with E-state index in [-0.39, 0.29) is 21.7 Å². The van der Waals surface area contributed by atoms with Crippen LogP contribution in [0.4, 0.5) is 0 Å². The number of allylic oxidation sites excluding steroid dienone is 4. The molecule has 3 aromatic carbocycles. The van der Waals surface area contributed by atoms with Crippen LogP contribution in [0.25, 0.3) is 16.7 Å². The van der Waals surface area contributed by atoms with Crippen LogP contribution in [0.5, 0.6) is 0 Å². The molecule has 232 valence electrons. The molecule has 1 heteroatoms. The van der Waals surface area contributed by atoms with Crippen molar-refractivity contribution < 1.29 is 21.0 Å². The maximum atomic E-state index is 2.60. The fourth-order valence-electron chi connectivity index (χ4n) is 6.99. The summed E-state index contributed by atoms with van der Waals surface area (Å²) in [6.45, 7) is 33.2. The van der Waals surface area contributed by atoms with Gasteiger partial charge in [0.15, 0.2) is 0 Å². The molecule has 0 N–H and O–H groups in total. The average Bonchev–Trinajstić information content (AvgIpc) is 3.49. The van der Waals surface area contributed by atoms with Gasteiger partial charge in [0.1, 0.15) is 0 Å². The summed E-state index contributed by atoms with van der Waals surface area (Å²) in [6.07, 6.45) is 7.42. The molecule has 44 heavy (non-hydrogen) atoms. The minimum absolute atomic E-state index is 0.101. The number of hydrogen-bond acceptors (Lipinski definition) is 0. The van der Waals surface area contributed by atoms with Gasteiger partial charge in [-0.1, -0.05) is 0 Å². The first-order valence-electron chi connectivity index (χ1n) is 16.7. The average molecular weight is 751 g/mol. The molecule has 2 aliphatic carbocycles. The van der Waals surface area contributed by atoms with Gasteiger partial charge in [0.05, 0.1) is 0 Å². The molecule has 0 aliphatic heterocycles. The summed E-state index contributed by atoms with van der Waals surface area (Å²) >= 11 is -2.67. The fourth-order valence-corrected chi connectivity index (χ4v) is 20.0. The molecule has 1 unspecified atom stereocenters. The summed E-state index contributed by atoms with van der Waals surface area (Å²) < 4.78 is 2.75. The number of rotatable bonds is 3. The van der Waals surface area contributed by atoms with Crippen molar-refractivity contribution in [2.45, 2.75) is 126 Å². The third-order valence-electron chi connectivity index (χ3n) is 9.88. The van der Waals surface area contributed by atoms with Crippen LogP contribution in [0.15, 0.2) is 72.8 Å². The van der Waals surface area contributed by atoms with Crippen LogP contribution in [0.3, 0.4) is 0 Å². The van der Waals surface area contributed by atoms with Crippen LogP contribution in [0, 0.1) is 0 Å². The zero-order valence-electron chi connectivity index (χ0n) is 30.1. The zero-order valence-corrected chi connectivity index (χ0v) is 33.7. The Bertz CT molecular complexity index is 1590. The van der Waals surface area contributed by atoms with E-state index in [2.05, 4.69) is 170 Å². The predicted molar refractivity (Wildman–Crippen MR) is 192 cm³/mol. The second-order valence-electron chi connectivity index (χ2n) is 17.8. The van der Waals surface area contributed by atoms with E-state index < -0.39 is 21.0 Å². The van der Waals surface area contributed by atoms with Crippen molar-refractivity contribution >= 4 is 8.83 Å². The van der Waals surface area contributed by atoms with Crippen LogP contribution in [-0.2, 0) is 42.6 Å². The Morgan fingerprint density at radius 2 is 0.977 bits per heavy atom. The first kappa shape index (κ1) is 33.2. The summed E-state index contributed by atoms with van der Waals surface area (Å²) in [4.78, 5) is 0. The molecule has 0 nitrogen and oxygen atoms in total. The molecule has 5 rings (SSSR count). The van der Waals surface area contributed by atoms with Gasteiger partial charge in [0.25, 0.3) is 0 Å². The standard InChI is InChI=1S/C21H25.C19H25.C3H6.Hf/c1-20(2,3)16-7-9-18-14(12-16)11-15-13-17(21(4,5)6)8-10-19(15)18;1-18(2,3)16-11-15(14-9-7-8-10-14)12-17(13-16)19(4,5)6;1-3-2;/h7-13H,1-6H3;7-13H,1-6H3;1-2H3;. The van der Waals surface area contributed by atoms with E-state index in [0.29, 0.717) is 7.35 Å². The van der Waals surface area contributed by atoms with Crippen LogP contribution in [-0.4, -0.2) is 3.26 Å². The van der Waals surface area contributed by atoms with Gasteiger partial charge in [-0.3, -0.25) is 0 Å². The molecule has 3 aromatic rings. The first-order valence-corrected chi connectivity index (χ1v) is 22.6. The summed E-state index contributed by atoms with van der Waals surface area (Å²) in [6, 6.07) is 22.4. The molecule has 0 bridgehead atoms. The van der Waals surface area contributed by atoms with Crippen LogP contribution >= 0.6 is 0 Å². The molecule has 0 heterocycles. The second-order valence-corrected chi connectivity index (χ2v) is 28.9. The van der Waals surface area contributed by atoms with Crippen molar-refractivity contribution in [1.82, 2.24) is 0 Å². The second kappa shape index (κ2) is 11.3. The molecule has 1 atom stereocenters. The summed E-state index contributed by atoms with van der Waals surface area (Å²) in [7, 11) is 0. The molecule has 0 fully saturated rings. The third kappa shape index (κ3) is 6.29. The molecule has 0 amide bonds. The van der Waals surface area contributed by atoms with Crippen molar-refractivity contribution in [3.63, 3.8) is 0 Å². The molecule has 2 aliphatic rings. The van der Waals surface area contributed by atoms with E-state index in [0.717, 1.165) is 0 Å². The Morgan fingerprint density at radius 3 is 1.36 bits per heavy atom. The van der Waals surface area contributed by atoms with Gasteiger partial charge in [0.2, 0.25) is 0 Å². The van der Waals surface area contributed by atoms with E-state index in [1.54, 1.807) is 20.0 Å². The summed E-state index contributed by atoms with van der Waals surface area (Å²) in [5.74, 6) is 0. The Kier molecular flexibility index (Phi) is 8.53. The van der Waals surface area contributed by atoms with E-state index in [4.69, 9.17) is 0 Å². The predicted octanol–water partition coefficient (Wildman–Crippen LogP) is 12.2. The SMILES string of the molecule is C[C](C)=[Hf]([CH]1C=CC=C1c1cc(C(C)(C)C)cc(C(C)(C)C)c1)[CH]1c2cc(C(C)(C)C)ccc2-c2ccc(C(C)(C)C)cc21. The summed E-state index contributed by atoms with van der Waals surface area (Å²) in [5, 5.41) is 0. The topological polar surface area (TPSA) is 0 Å². The van der Waals surface area contributed by atoms with E-state index >= 15 is 0 Å². The van der Waals surface area contributed by atoms with Crippen molar-refractivity contribution in [2.24, 2.45) is 0 Å². The van der Waals surface area contributed by atoms with Gasteiger partial charge < -0.3 is 0 Å². The normalized spacial score (nSPS) is 17.0. The quantitative estimate of drug-likeness (QED) is 0.234. The van der Waals surface area contributed by atoms with Crippen molar-refractivity contribution in [3.8, 4) is 11.1 Å². The zero-order chi connectivity index (χ0) is 32.6. The monoisotopic (exact) mass is 752 g/mol. The van der Waals surface area contributed by atoms with Gasteiger partial charge in [-0.05, 0) is 0 Å². The molecule has 0 saturated carbocycles. The molecular weight excluding hydrogens is 695 g/mol. The van der Waals surface area contributed by atoms with Crippen LogP contribution in [0.2, 0.25) is 3.67 Å². The van der Waals surface area contributed by atoms with E-state index in [1.807, 2.05) is 0 Å². The molecular formula is C43H56Hf. The Morgan fingerprint density at radius 1 is 0.545 bits per heavy atom. The van der Waals surface area contributed by atoms with Crippen LogP contribution in [0.1, 0.15) is 140 Å². The Labute approximate surface area is 277 Å². The van der Waals surface area contributed by atoms with Gasteiger partial charge >= 0.3 is 279 Å². The Balaban J connectivity index is 1.73.